The molecule has 5 nitrogen and oxygen atoms in total. The van der Waals surface area contributed by atoms with Gasteiger partial charge in [-0.15, -0.1) is 0 Å². The van der Waals surface area contributed by atoms with E-state index in [9.17, 15) is 9.90 Å². The van der Waals surface area contributed by atoms with Gasteiger partial charge in [0, 0.05) is 12.6 Å². The topological polar surface area (TPSA) is 71.7 Å². The fourth-order valence-electron chi connectivity index (χ4n) is 1.82. The van der Waals surface area contributed by atoms with E-state index in [4.69, 9.17) is 9.84 Å². The number of nitrogens with zero attached hydrogens (tertiary/aromatic N) is 1. The molecule has 0 aliphatic carbocycles. The molecule has 1 aliphatic rings. The van der Waals surface area contributed by atoms with Gasteiger partial charge in [0.25, 0.3) is 0 Å². The first-order chi connectivity index (χ1) is 7.26. The molecule has 0 radical (unpaired) electrons. The summed E-state index contributed by atoms with van der Waals surface area (Å²) in [6.45, 7) is -0.213. The van der Waals surface area contributed by atoms with Crippen molar-refractivity contribution in [2.24, 2.45) is 0 Å². The van der Waals surface area contributed by atoms with Crippen molar-refractivity contribution >= 4 is 6.29 Å². The zero-order valence-electron chi connectivity index (χ0n) is 8.11. The van der Waals surface area contributed by atoms with E-state index in [0.29, 0.717) is 12.1 Å². The Hall–Kier alpha value is -1.17. The predicted octanol–water partition coefficient (Wildman–Crippen LogP) is -0.0587. The molecule has 0 amide bonds. The van der Waals surface area contributed by atoms with Crippen LogP contribution in [0.15, 0.2) is 18.3 Å². The average Bonchev–Trinajstić information content (AvgIpc) is 2.82. The van der Waals surface area contributed by atoms with Crippen LogP contribution < -0.4 is 0 Å². The first kappa shape index (κ1) is 10.4. The first-order valence-electron chi connectivity index (χ1n) is 4.82. The quantitative estimate of drug-likeness (QED) is 0.687. The van der Waals surface area contributed by atoms with Crippen molar-refractivity contribution in [2.75, 3.05) is 6.61 Å². The molecule has 1 fully saturated rings. The number of aromatic nitrogens is 1. The van der Waals surface area contributed by atoms with Crippen LogP contribution in [0.2, 0.25) is 0 Å². The van der Waals surface area contributed by atoms with Gasteiger partial charge in [-0.25, -0.2) is 0 Å². The van der Waals surface area contributed by atoms with Gasteiger partial charge < -0.3 is 19.5 Å². The number of carbonyl (C=O) groups is 1. The predicted molar refractivity (Wildman–Crippen MR) is 51.4 cm³/mol. The van der Waals surface area contributed by atoms with Crippen molar-refractivity contribution in [3.05, 3.63) is 24.0 Å². The molecule has 1 aromatic rings. The highest BCUT2D eigenvalue weighted by molar-refractivity contribution is 5.72. The molecule has 1 aliphatic heterocycles. The minimum Gasteiger partial charge on any atom is -0.394 e. The number of rotatable bonds is 3. The van der Waals surface area contributed by atoms with E-state index in [1.165, 1.54) is 0 Å². The minimum absolute atomic E-state index is 0.213. The van der Waals surface area contributed by atoms with Gasteiger partial charge in [0.15, 0.2) is 6.29 Å². The number of ether oxygens (including phenoxy) is 1. The fraction of sp³-hybridized carbons (Fsp3) is 0.500. The molecule has 2 N–H and O–H groups in total. The Morgan fingerprint density at radius 3 is 3.07 bits per heavy atom. The van der Waals surface area contributed by atoms with Crippen molar-refractivity contribution in [1.82, 2.24) is 4.57 Å². The lowest BCUT2D eigenvalue weighted by Gasteiger charge is -2.14. The van der Waals surface area contributed by atoms with E-state index in [2.05, 4.69) is 0 Å². The van der Waals surface area contributed by atoms with Gasteiger partial charge >= 0.3 is 0 Å². The Balaban J connectivity index is 2.16. The normalized spacial score (nSPS) is 30.7. The van der Waals surface area contributed by atoms with Crippen LogP contribution in [-0.4, -0.2) is 39.9 Å². The van der Waals surface area contributed by atoms with E-state index in [1.807, 2.05) is 0 Å². The molecule has 0 unspecified atom stereocenters. The molecule has 0 spiro atoms. The zero-order chi connectivity index (χ0) is 10.8. The zero-order valence-corrected chi connectivity index (χ0v) is 8.11. The maximum absolute atomic E-state index is 10.7. The van der Waals surface area contributed by atoms with E-state index in [0.717, 1.165) is 6.29 Å². The average molecular weight is 211 g/mol. The van der Waals surface area contributed by atoms with Gasteiger partial charge in [0.1, 0.15) is 12.3 Å². The molecule has 82 valence electrons. The summed E-state index contributed by atoms with van der Waals surface area (Å²) in [6, 6.07) is 3.42. The molecule has 2 heterocycles. The number of aliphatic hydroxyl groups is 2. The summed E-state index contributed by atoms with van der Waals surface area (Å²) in [4.78, 5) is 10.7. The Kier molecular flexibility index (Phi) is 2.86. The largest absolute Gasteiger partial charge is 0.394 e. The molecular formula is C10H13NO4. The molecule has 3 atom stereocenters. The summed E-state index contributed by atoms with van der Waals surface area (Å²) in [6.07, 6.45) is 1.25. The van der Waals surface area contributed by atoms with E-state index < -0.39 is 12.2 Å². The number of aldehydes is 1. The number of hydrogen-bond acceptors (Lipinski definition) is 4. The molecule has 15 heavy (non-hydrogen) atoms. The molecule has 2 rings (SSSR count). The second-order valence-electron chi connectivity index (χ2n) is 3.57. The molecular weight excluding hydrogens is 198 g/mol. The van der Waals surface area contributed by atoms with Crippen LogP contribution in [0.4, 0.5) is 0 Å². The lowest BCUT2D eigenvalue weighted by molar-refractivity contribution is -0.0445. The standard InChI is InChI=1S/C10H13NO4/c12-5-7-2-1-3-11(7)10-4-8(14)9(6-13)15-10/h1-3,5,8-10,13-14H,4,6H2/t8-,9+,10+/m0/s1. The molecule has 0 aromatic carbocycles. The maximum atomic E-state index is 10.7. The Morgan fingerprint density at radius 2 is 2.47 bits per heavy atom. The van der Waals surface area contributed by atoms with Crippen LogP contribution >= 0.6 is 0 Å². The molecule has 0 saturated carbocycles. The summed E-state index contributed by atoms with van der Waals surface area (Å²) in [5.41, 5.74) is 0.505. The summed E-state index contributed by atoms with van der Waals surface area (Å²) < 4.78 is 7.07. The van der Waals surface area contributed by atoms with Crippen molar-refractivity contribution in [2.45, 2.75) is 24.9 Å². The van der Waals surface area contributed by atoms with Gasteiger partial charge in [0.05, 0.1) is 18.4 Å². The molecule has 1 saturated heterocycles. The minimum atomic E-state index is -0.679. The highest BCUT2D eigenvalue weighted by Crippen LogP contribution is 2.29. The molecule has 1 aromatic heterocycles. The Morgan fingerprint density at radius 1 is 1.67 bits per heavy atom. The maximum Gasteiger partial charge on any atom is 0.166 e. The summed E-state index contributed by atoms with van der Waals surface area (Å²) in [5, 5.41) is 18.4. The van der Waals surface area contributed by atoms with Crippen molar-refractivity contribution in [1.29, 1.82) is 0 Å². The van der Waals surface area contributed by atoms with Gasteiger partial charge in [-0.2, -0.15) is 0 Å². The van der Waals surface area contributed by atoms with Crippen molar-refractivity contribution < 1.29 is 19.7 Å². The van der Waals surface area contributed by atoms with Crippen molar-refractivity contribution in [3.63, 3.8) is 0 Å². The first-order valence-corrected chi connectivity index (χ1v) is 4.82. The van der Waals surface area contributed by atoms with Gasteiger partial charge in [-0.3, -0.25) is 4.79 Å². The number of hydrogen-bond donors (Lipinski definition) is 2. The third-order valence-electron chi connectivity index (χ3n) is 2.63. The third kappa shape index (κ3) is 1.81. The van der Waals surface area contributed by atoms with E-state index in [1.54, 1.807) is 22.9 Å². The molecule has 5 heteroatoms. The number of aliphatic hydroxyl groups excluding tert-OH is 2. The summed E-state index contributed by atoms with van der Waals surface area (Å²) in [5.74, 6) is 0. The fourth-order valence-corrected chi connectivity index (χ4v) is 1.82. The Labute approximate surface area is 86.9 Å². The Bertz CT molecular complexity index is 349. The van der Waals surface area contributed by atoms with Crippen LogP contribution in [0, 0.1) is 0 Å². The lowest BCUT2D eigenvalue weighted by atomic mass is 10.2. The second-order valence-corrected chi connectivity index (χ2v) is 3.57. The van der Waals surface area contributed by atoms with Crippen LogP contribution in [0.3, 0.4) is 0 Å². The summed E-state index contributed by atoms with van der Waals surface area (Å²) >= 11 is 0. The monoisotopic (exact) mass is 211 g/mol. The van der Waals surface area contributed by atoms with E-state index in [-0.39, 0.29) is 12.8 Å². The van der Waals surface area contributed by atoms with Crippen LogP contribution in [0.5, 0.6) is 0 Å². The smallest absolute Gasteiger partial charge is 0.166 e. The summed E-state index contributed by atoms with van der Waals surface area (Å²) in [7, 11) is 0. The number of carbonyl (C=O) groups excluding carboxylic acids is 1. The lowest BCUT2D eigenvalue weighted by Crippen LogP contribution is -2.24. The van der Waals surface area contributed by atoms with Gasteiger partial charge in [-0.05, 0) is 12.1 Å². The van der Waals surface area contributed by atoms with Crippen molar-refractivity contribution in [3.8, 4) is 0 Å². The van der Waals surface area contributed by atoms with Crippen LogP contribution in [0.1, 0.15) is 23.1 Å². The van der Waals surface area contributed by atoms with Crippen LogP contribution in [-0.2, 0) is 4.74 Å². The second kappa shape index (κ2) is 4.14. The highest BCUT2D eigenvalue weighted by Gasteiger charge is 2.34. The van der Waals surface area contributed by atoms with Crippen LogP contribution in [0.25, 0.3) is 0 Å². The third-order valence-corrected chi connectivity index (χ3v) is 2.63. The highest BCUT2D eigenvalue weighted by atomic mass is 16.5. The van der Waals surface area contributed by atoms with Gasteiger partial charge in [-0.1, -0.05) is 0 Å². The molecule has 0 bridgehead atoms. The van der Waals surface area contributed by atoms with Gasteiger partial charge in [0.2, 0.25) is 0 Å². The SMILES string of the molecule is O=Cc1cccn1[C@H]1C[C@H](O)[C@@H](CO)O1. The van der Waals surface area contributed by atoms with E-state index >= 15 is 0 Å².